The van der Waals surface area contributed by atoms with Gasteiger partial charge in [0.15, 0.2) is 0 Å². The Hall–Kier alpha value is -0.510. The van der Waals surface area contributed by atoms with Crippen LogP contribution in [0.4, 0.5) is 0 Å². The molecule has 1 unspecified atom stereocenters. The molecule has 15 heavy (non-hydrogen) atoms. The first-order valence-corrected chi connectivity index (χ1v) is 6.57. The van der Waals surface area contributed by atoms with Crippen molar-refractivity contribution in [1.29, 1.82) is 0 Å². The zero-order chi connectivity index (χ0) is 10.7. The van der Waals surface area contributed by atoms with Crippen molar-refractivity contribution in [2.75, 3.05) is 25.9 Å². The van der Waals surface area contributed by atoms with Gasteiger partial charge in [0.2, 0.25) is 0 Å². The monoisotopic (exact) mass is 222 g/mol. The SMILES string of the molecule is CSc1ccc(C2(C)CNCCN2)cc1. The van der Waals surface area contributed by atoms with Crippen LogP contribution in [0, 0.1) is 0 Å². The third kappa shape index (κ3) is 2.36. The minimum atomic E-state index is 0.0924. The molecule has 2 rings (SSSR count). The van der Waals surface area contributed by atoms with E-state index in [0.717, 1.165) is 19.6 Å². The molecule has 1 fully saturated rings. The van der Waals surface area contributed by atoms with Crippen LogP contribution in [0.1, 0.15) is 12.5 Å². The Labute approximate surface area is 95.8 Å². The maximum Gasteiger partial charge on any atom is 0.0532 e. The smallest absolute Gasteiger partial charge is 0.0532 e. The number of piperazine rings is 1. The van der Waals surface area contributed by atoms with Crippen LogP contribution in [0.3, 0.4) is 0 Å². The topological polar surface area (TPSA) is 24.1 Å². The predicted molar refractivity (Wildman–Crippen MR) is 66.4 cm³/mol. The molecule has 2 nitrogen and oxygen atoms in total. The molecular weight excluding hydrogens is 204 g/mol. The van der Waals surface area contributed by atoms with E-state index in [-0.39, 0.29) is 5.54 Å². The Balaban J connectivity index is 2.20. The van der Waals surface area contributed by atoms with E-state index in [0.29, 0.717) is 0 Å². The summed E-state index contributed by atoms with van der Waals surface area (Å²) in [7, 11) is 0. The molecule has 0 bridgehead atoms. The summed E-state index contributed by atoms with van der Waals surface area (Å²) in [6.45, 7) is 5.37. The van der Waals surface area contributed by atoms with Gasteiger partial charge >= 0.3 is 0 Å². The molecule has 1 atom stereocenters. The lowest BCUT2D eigenvalue weighted by molar-refractivity contribution is 0.303. The molecule has 1 aromatic carbocycles. The van der Waals surface area contributed by atoms with Gasteiger partial charge in [-0.25, -0.2) is 0 Å². The standard InChI is InChI=1S/C12H18N2S/c1-12(9-13-7-8-14-12)10-3-5-11(15-2)6-4-10/h3-6,13-14H,7-9H2,1-2H3. The number of hydrogen-bond acceptors (Lipinski definition) is 3. The summed E-state index contributed by atoms with van der Waals surface area (Å²) in [4.78, 5) is 1.33. The predicted octanol–water partition coefficient (Wildman–Crippen LogP) is 1.82. The molecule has 0 radical (unpaired) electrons. The summed E-state index contributed by atoms with van der Waals surface area (Å²) < 4.78 is 0. The zero-order valence-corrected chi connectivity index (χ0v) is 10.2. The number of nitrogens with one attached hydrogen (secondary N) is 2. The van der Waals surface area contributed by atoms with E-state index in [1.165, 1.54) is 10.5 Å². The minimum Gasteiger partial charge on any atom is -0.313 e. The molecule has 0 saturated carbocycles. The lowest BCUT2D eigenvalue weighted by Crippen LogP contribution is -2.54. The molecule has 0 aliphatic carbocycles. The highest BCUT2D eigenvalue weighted by Crippen LogP contribution is 2.24. The summed E-state index contributed by atoms with van der Waals surface area (Å²) in [5, 5.41) is 7.01. The van der Waals surface area contributed by atoms with Crippen LogP contribution in [0.25, 0.3) is 0 Å². The van der Waals surface area contributed by atoms with Gasteiger partial charge in [-0.05, 0) is 30.9 Å². The van der Waals surface area contributed by atoms with E-state index in [1.54, 1.807) is 11.8 Å². The number of hydrogen-bond donors (Lipinski definition) is 2. The fourth-order valence-electron chi connectivity index (χ4n) is 1.99. The summed E-state index contributed by atoms with van der Waals surface area (Å²) >= 11 is 1.79. The van der Waals surface area contributed by atoms with Crippen LogP contribution >= 0.6 is 11.8 Å². The Bertz CT molecular complexity index is 315. The van der Waals surface area contributed by atoms with Gasteiger partial charge < -0.3 is 10.6 Å². The third-order valence-electron chi connectivity index (χ3n) is 3.02. The van der Waals surface area contributed by atoms with Crippen molar-refractivity contribution in [3.05, 3.63) is 29.8 Å². The van der Waals surface area contributed by atoms with E-state index >= 15 is 0 Å². The van der Waals surface area contributed by atoms with Gasteiger partial charge in [0.05, 0.1) is 5.54 Å². The molecule has 1 heterocycles. The maximum atomic E-state index is 3.58. The zero-order valence-electron chi connectivity index (χ0n) is 9.34. The molecule has 0 spiro atoms. The largest absolute Gasteiger partial charge is 0.313 e. The van der Waals surface area contributed by atoms with Crippen molar-refractivity contribution < 1.29 is 0 Å². The fourth-order valence-corrected chi connectivity index (χ4v) is 2.40. The van der Waals surface area contributed by atoms with Gasteiger partial charge in [-0.1, -0.05) is 12.1 Å². The van der Waals surface area contributed by atoms with Crippen LogP contribution in [0.15, 0.2) is 29.2 Å². The van der Waals surface area contributed by atoms with Crippen molar-refractivity contribution in [2.45, 2.75) is 17.4 Å². The highest BCUT2D eigenvalue weighted by atomic mass is 32.2. The minimum absolute atomic E-state index is 0.0924. The van der Waals surface area contributed by atoms with Crippen molar-refractivity contribution in [3.63, 3.8) is 0 Å². The Morgan fingerprint density at radius 2 is 1.93 bits per heavy atom. The molecule has 0 amide bonds. The van der Waals surface area contributed by atoms with E-state index in [9.17, 15) is 0 Å². The number of rotatable bonds is 2. The quantitative estimate of drug-likeness (QED) is 0.746. The first-order valence-electron chi connectivity index (χ1n) is 5.35. The molecule has 82 valence electrons. The molecule has 1 aliphatic rings. The van der Waals surface area contributed by atoms with E-state index < -0.39 is 0 Å². The second kappa shape index (κ2) is 4.56. The van der Waals surface area contributed by atoms with Crippen LogP contribution < -0.4 is 10.6 Å². The van der Waals surface area contributed by atoms with E-state index in [4.69, 9.17) is 0 Å². The first kappa shape index (κ1) is 11.0. The maximum absolute atomic E-state index is 3.58. The normalized spacial score (nSPS) is 26.5. The van der Waals surface area contributed by atoms with Gasteiger partial charge in [-0.2, -0.15) is 0 Å². The lowest BCUT2D eigenvalue weighted by atomic mass is 9.90. The second-order valence-corrected chi connectivity index (χ2v) is 5.04. The van der Waals surface area contributed by atoms with E-state index in [1.807, 2.05) is 0 Å². The summed E-state index contributed by atoms with van der Waals surface area (Å²) in [6, 6.07) is 8.85. The fraction of sp³-hybridized carbons (Fsp3) is 0.500. The molecule has 1 saturated heterocycles. The average Bonchev–Trinajstić information content (AvgIpc) is 2.30. The van der Waals surface area contributed by atoms with Crippen molar-refractivity contribution in [2.24, 2.45) is 0 Å². The van der Waals surface area contributed by atoms with Crippen molar-refractivity contribution in [3.8, 4) is 0 Å². The molecule has 0 aromatic heterocycles. The summed E-state index contributed by atoms with van der Waals surface area (Å²) in [6.07, 6.45) is 2.11. The van der Waals surface area contributed by atoms with Gasteiger partial charge in [-0.15, -0.1) is 11.8 Å². The van der Waals surface area contributed by atoms with Crippen LogP contribution in [0.2, 0.25) is 0 Å². The molecule has 2 N–H and O–H groups in total. The highest BCUT2D eigenvalue weighted by Gasteiger charge is 2.27. The Kier molecular flexibility index (Phi) is 3.34. The van der Waals surface area contributed by atoms with Crippen molar-refractivity contribution in [1.82, 2.24) is 10.6 Å². The molecule has 1 aromatic rings. The number of benzene rings is 1. The molecule has 1 aliphatic heterocycles. The molecular formula is C12H18N2S. The van der Waals surface area contributed by atoms with Gasteiger partial charge in [0.25, 0.3) is 0 Å². The van der Waals surface area contributed by atoms with Crippen LogP contribution in [-0.2, 0) is 5.54 Å². The summed E-state index contributed by atoms with van der Waals surface area (Å²) in [5.41, 5.74) is 1.46. The van der Waals surface area contributed by atoms with Gasteiger partial charge in [-0.3, -0.25) is 0 Å². The Morgan fingerprint density at radius 1 is 1.20 bits per heavy atom. The highest BCUT2D eigenvalue weighted by molar-refractivity contribution is 7.98. The van der Waals surface area contributed by atoms with Crippen LogP contribution in [-0.4, -0.2) is 25.9 Å². The second-order valence-electron chi connectivity index (χ2n) is 4.16. The summed E-state index contributed by atoms with van der Waals surface area (Å²) in [5.74, 6) is 0. The van der Waals surface area contributed by atoms with Crippen molar-refractivity contribution >= 4 is 11.8 Å². The van der Waals surface area contributed by atoms with Gasteiger partial charge in [0.1, 0.15) is 0 Å². The van der Waals surface area contributed by atoms with E-state index in [2.05, 4.69) is 48.1 Å². The van der Waals surface area contributed by atoms with Crippen LogP contribution in [0.5, 0.6) is 0 Å². The number of thioether (sulfide) groups is 1. The lowest BCUT2D eigenvalue weighted by Gasteiger charge is -2.36. The van der Waals surface area contributed by atoms with Gasteiger partial charge in [0, 0.05) is 24.5 Å². The first-order chi connectivity index (χ1) is 7.24. The average molecular weight is 222 g/mol. The Morgan fingerprint density at radius 3 is 2.47 bits per heavy atom. The third-order valence-corrected chi connectivity index (χ3v) is 3.77. The molecule has 3 heteroatoms.